The van der Waals surface area contributed by atoms with Gasteiger partial charge in [-0.15, -0.1) is 0 Å². The molecule has 20 heavy (non-hydrogen) atoms. The van der Waals surface area contributed by atoms with E-state index in [0.717, 1.165) is 0 Å². The number of aliphatic hydroxyl groups is 1. The van der Waals surface area contributed by atoms with Crippen LogP contribution in [0, 0.1) is 21.7 Å². The zero-order valence-electron chi connectivity index (χ0n) is 10.4. The Morgan fingerprint density at radius 2 is 2.20 bits per heavy atom. The number of amides is 1. The van der Waals surface area contributed by atoms with Crippen molar-refractivity contribution in [3.8, 4) is 0 Å². The fourth-order valence-corrected chi connectivity index (χ4v) is 2.31. The normalized spacial score (nSPS) is 18.4. The summed E-state index contributed by atoms with van der Waals surface area (Å²) in [6, 6.07) is 0.598. The average molecular weight is 286 g/mol. The van der Waals surface area contributed by atoms with Crippen LogP contribution in [0.3, 0.4) is 0 Å². The number of hydrogen-bond donors (Lipinski definition) is 1. The number of nitro groups is 1. The maximum Gasteiger partial charge on any atom is 0.308 e. The highest BCUT2D eigenvalue weighted by atomic mass is 19.1. The van der Waals surface area contributed by atoms with Crippen molar-refractivity contribution in [1.82, 2.24) is 4.90 Å². The number of nitro benzene ring substituents is 1. The molecule has 0 spiro atoms. The van der Waals surface area contributed by atoms with Gasteiger partial charge in [0.25, 0.3) is 5.91 Å². The molecule has 1 heterocycles. The molecule has 2 rings (SSSR count). The van der Waals surface area contributed by atoms with E-state index in [1.165, 1.54) is 4.90 Å². The van der Waals surface area contributed by atoms with E-state index in [4.69, 9.17) is 5.11 Å². The lowest BCUT2D eigenvalue weighted by Crippen LogP contribution is -2.38. The first-order valence-corrected chi connectivity index (χ1v) is 6.01. The SMILES string of the molecule is O=C(c1cc(F)cc([N+](=O)[O-])c1F)N1CCCC1CO. The van der Waals surface area contributed by atoms with Crippen LogP contribution in [0.25, 0.3) is 0 Å². The summed E-state index contributed by atoms with van der Waals surface area (Å²) in [5.74, 6) is -3.26. The van der Waals surface area contributed by atoms with Crippen molar-refractivity contribution in [2.45, 2.75) is 18.9 Å². The Bertz CT molecular complexity index is 565. The van der Waals surface area contributed by atoms with Gasteiger partial charge in [-0.05, 0) is 18.9 Å². The van der Waals surface area contributed by atoms with Crippen LogP contribution in [0.1, 0.15) is 23.2 Å². The third-order valence-corrected chi connectivity index (χ3v) is 3.29. The molecule has 1 unspecified atom stereocenters. The molecule has 108 valence electrons. The van der Waals surface area contributed by atoms with Gasteiger partial charge in [0.05, 0.1) is 29.2 Å². The molecule has 1 aliphatic rings. The largest absolute Gasteiger partial charge is 0.394 e. The molecule has 1 aromatic rings. The molecular weight excluding hydrogens is 274 g/mol. The summed E-state index contributed by atoms with van der Waals surface area (Å²) in [4.78, 5) is 22.9. The van der Waals surface area contributed by atoms with Crippen LogP contribution in [0.15, 0.2) is 12.1 Å². The van der Waals surface area contributed by atoms with E-state index in [2.05, 4.69) is 0 Å². The molecule has 1 aliphatic heterocycles. The number of likely N-dealkylation sites (tertiary alicyclic amines) is 1. The van der Waals surface area contributed by atoms with Crippen LogP contribution in [0.5, 0.6) is 0 Å². The molecule has 6 nitrogen and oxygen atoms in total. The molecule has 0 aliphatic carbocycles. The number of halogens is 2. The minimum absolute atomic E-state index is 0.287. The quantitative estimate of drug-likeness (QED) is 0.673. The number of nitrogens with zero attached hydrogens (tertiary/aromatic N) is 2. The Labute approximate surface area is 112 Å². The molecule has 8 heteroatoms. The second kappa shape index (κ2) is 5.49. The monoisotopic (exact) mass is 286 g/mol. The van der Waals surface area contributed by atoms with Crippen molar-refractivity contribution >= 4 is 11.6 Å². The van der Waals surface area contributed by atoms with Crippen molar-refractivity contribution in [1.29, 1.82) is 0 Å². The number of carbonyl (C=O) groups excluding carboxylic acids is 1. The van der Waals surface area contributed by atoms with E-state index in [1.54, 1.807) is 0 Å². The molecule has 1 saturated heterocycles. The standard InChI is InChI=1S/C12H12F2N2O4/c13-7-4-9(11(14)10(5-7)16(19)20)12(18)15-3-1-2-8(15)6-17/h4-5,8,17H,1-3,6H2. The second-order valence-corrected chi connectivity index (χ2v) is 4.52. The molecule has 1 aromatic carbocycles. The summed E-state index contributed by atoms with van der Waals surface area (Å²) >= 11 is 0. The Balaban J connectivity index is 2.42. The van der Waals surface area contributed by atoms with Gasteiger partial charge in [-0.1, -0.05) is 0 Å². The van der Waals surface area contributed by atoms with Gasteiger partial charge in [0.1, 0.15) is 5.82 Å². The fourth-order valence-electron chi connectivity index (χ4n) is 2.31. The molecule has 1 N–H and O–H groups in total. The van der Waals surface area contributed by atoms with Crippen molar-refractivity contribution in [2.75, 3.05) is 13.2 Å². The Morgan fingerprint density at radius 1 is 1.50 bits per heavy atom. The predicted octanol–water partition coefficient (Wildman–Crippen LogP) is 1.47. The van der Waals surface area contributed by atoms with E-state index in [1.807, 2.05) is 0 Å². The van der Waals surface area contributed by atoms with Gasteiger partial charge in [-0.25, -0.2) is 4.39 Å². The molecule has 1 fully saturated rings. The maximum absolute atomic E-state index is 13.9. The fraction of sp³-hybridized carbons (Fsp3) is 0.417. The second-order valence-electron chi connectivity index (χ2n) is 4.52. The van der Waals surface area contributed by atoms with Crippen molar-refractivity contribution in [3.05, 3.63) is 39.4 Å². The van der Waals surface area contributed by atoms with Crippen molar-refractivity contribution in [2.24, 2.45) is 0 Å². The van der Waals surface area contributed by atoms with Crippen molar-refractivity contribution < 1.29 is 23.6 Å². The van der Waals surface area contributed by atoms with Crippen LogP contribution in [0.4, 0.5) is 14.5 Å². The number of benzene rings is 1. The zero-order valence-corrected chi connectivity index (χ0v) is 10.4. The van der Waals surface area contributed by atoms with Gasteiger partial charge in [-0.3, -0.25) is 14.9 Å². The third kappa shape index (κ3) is 2.46. The van der Waals surface area contributed by atoms with Gasteiger partial charge in [0.2, 0.25) is 5.82 Å². The molecule has 1 amide bonds. The number of hydrogen-bond acceptors (Lipinski definition) is 4. The number of aliphatic hydroxyl groups excluding tert-OH is 1. The van der Waals surface area contributed by atoms with E-state index in [-0.39, 0.29) is 6.61 Å². The van der Waals surface area contributed by atoms with Gasteiger partial charge in [-0.2, -0.15) is 4.39 Å². The van der Waals surface area contributed by atoms with Gasteiger partial charge >= 0.3 is 5.69 Å². The third-order valence-electron chi connectivity index (χ3n) is 3.29. The lowest BCUT2D eigenvalue weighted by Gasteiger charge is -2.23. The summed E-state index contributed by atoms with van der Waals surface area (Å²) < 4.78 is 27.2. The summed E-state index contributed by atoms with van der Waals surface area (Å²) in [6.07, 6.45) is 1.19. The topological polar surface area (TPSA) is 83.7 Å². The smallest absolute Gasteiger partial charge is 0.308 e. The zero-order chi connectivity index (χ0) is 14.9. The average Bonchev–Trinajstić information content (AvgIpc) is 2.88. The Hall–Kier alpha value is -2.09. The molecule has 0 aromatic heterocycles. The van der Waals surface area contributed by atoms with E-state index >= 15 is 0 Å². The Morgan fingerprint density at radius 3 is 2.80 bits per heavy atom. The summed E-state index contributed by atoms with van der Waals surface area (Å²) in [5.41, 5.74) is -1.76. The van der Waals surface area contributed by atoms with Crippen LogP contribution in [-0.4, -0.2) is 40.0 Å². The molecular formula is C12H12F2N2O4. The molecule has 0 saturated carbocycles. The highest BCUT2D eigenvalue weighted by Gasteiger charge is 2.33. The minimum Gasteiger partial charge on any atom is -0.394 e. The maximum atomic E-state index is 13.9. The summed E-state index contributed by atoms with van der Waals surface area (Å²) in [7, 11) is 0. The molecule has 0 radical (unpaired) electrons. The highest BCUT2D eigenvalue weighted by molar-refractivity contribution is 5.95. The van der Waals surface area contributed by atoms with Crippen molar-refractivity contribution in [3.63, 3.8) is 0 Å². The first-order chi connectivity index (χ1) is 9.45. The van der Waals surface area contributed by atoms with Gasteiger partial charge in [0.15, 0.2) is 0 Å². The number of carbonyl (C=O) groups is 1. The first kappa shape index (κ1) is 14.3. The van der Waals surface area contributed by atoms with Gasteiger partial charge in [0, 0.05) is 6.54 Å². The molecule has 1 atom stereocenters. The van der Waals surface area contributed by atoms with Crippen LogP contribution >= 0.6 is 0 Å². The Kier molecular flexibility index (Phi) is 3.93. The summed E-state index contributed by atoms with van der Waals surface area (Å²) in [6.45, 7) is 0.0125. The van der Waals surface area contributed by atoms with Gasteiger partial charge < -0.3 is 10.0 Å². The predicted molar refractivity (Wildman–Crippen MR) is 64.2 cm³/mol. The van der Waals surface area contributed by atoms with Crippen LogP contribution in [0.2, 0.25) is 0 Å². The van der Waals surface area contributed by atoms with E-state index < -0.39 is 39.8 Å². The van der Waals surface area contributed by atoms with Crippen LogP contribution in [-0.2, 0) is 0 Å². The number of rotatable bonds is 3. The summed E-state index contributed by atoms with van der Waals surface area (Å²) in [5, 5.41) is 19.8. The highest BCUT2D eigenvalue weighted by Crippen LogP contribution is 2.26. The minimum atomic E-state index is -1.36. The lowest BCUT2D eigenvalue weighted by molar-refractivity contribution is -0.387. The van der Waals surface area contributed by atoms with E-state index in [9.17, 15) is 23.7 Å². The van der Waals surface area contributed by atoms with E-state index in [0.29, 0.717) is 31.5 Å². The lowest BCUT2D eigenvalue weighted by atomic mass is 10.1. The van der Waals surface area contributed by atoms with Crippen LogP contribution < -0.4 is 0 Å². The molecule has 0 bridgehead atoms. The first-order valence-electron chi connectivity index (χ1n) is 6.01.